The van der Waals surface area contributed by atoms with Crippen molar-refractivity contribution in [2.75, 3.05) is 0 Å². The number of rotatable bonds is 2. The average molecular weight is 263 g/mol. The van der Waals surface area contributed by atoms with Gasteiger partial charge in [0, 0.05) is 16.2 Å². The van der Waals surface area contributed by atoms with Crippen LogP contribution >= 0.6 is 24.0 Å². The predicted octanol–water partition coefficient (Wildman–Crippen LogP) is 4.47. The fourth-order valence-electron chi connectivity index (χ4n) is 2.20. The lowest BCUT2D eigenvalue weighted by Crippen LogP contribution is -1.89. The van der Waals surface area contributed by atoms with E-state index in [-0.39, 0.29) is 0 Å². The van der Waals surface area contributed by atoms with Crippen LogP contribution in [0.4, 0.5) is 0 Å². The number of thiazole rings is 1. The van der Waals surface area contributed by atoms with E-state index < -0.39 is 0 Å². The van der Waals surface area contributed by atoms with Gasteiger partial charge in [-0.15, -0.1) is 11.3 Å². The lowest BCUT2D eigenvalue weighted by Gasteiger charge is -2.08. The molecule has 0 unspecified atom stereocenters. The van der Waals surface area contributed by atoms with Gasteiger partial charge in [-0.05, 0) is 38.8 Å². The van der Waals surface area contributed by atoms with Gasteiger partial charge in [0.05, 0.1) is 5.69 Å². The average Bonchev–Trinajstić information content (AvgIpc) is 2.57. The summed E-state index contributed by atoms with van der Waals surface area (Å²) in [5.41, 5.74) is 6.33. The summed E-state index contributed by atoms with van der Waals surface area (Å²) in [5.74, 6) is 0.771. The first-order chi connectivity index (χ1) is 8.02. The number of aromatic nitrogens is 1. The molecular formula is C14H17NS2. The van der Waals surface area contributed by atoms with Crippen LogP contribution in [0, 0.1) is 27.7 Å². The highest BCUT2D eigenvalue weighted by Gasteiger charge is 2.12. The number of nitrogens with zero attached hydrogens (tertiary/aromatic N) is 1. The minimum atomic E-state index is 0.771. The van der Waals surface area contributed by atoms with Crippen molar-refractivity contribution < 1.29 is 0 Å². The largest absolute Gasteiger partial charge is 0.241 e. The summed E-state index contributed by atoms with van der Waals surface area (Å²) >= 11 is 6.10. The first-order valence-corrected chi connectivity index (χ1v) is 7.13. The second-order valence-electron chi connectivity index (χ2n) is 4.46. The highest BCUT2D eigenvalue weighted by Crippen LogP contribution is 2.33. The summed E-state index contributed by atoms with van der Waals surface area (Å²) in [7, 11) is 0. The van der Waals surface area contributed by atoms with E-state index in [2.05, 4.69) is 57.4 Å². The number of hydrogen-bond donors (Lipinski definition) is 1. The Bertz CT molecular complexity index is 532. The highest BCUT2D eigenvalue weighted by molar-refractivity contribution is 7.79. The van der Waals surface area contributed by atoms with Crippen LogP contribution in [0.15, 0.2) is 12.1 Å². The number of thiol groups is 1. The molecule has 0 saturated heterocycles. The van der Waals surface area contributed by atoms with Crippen LogP contribution in [0.5, 0.6) is 0 Å². The van der Waals surface area contributed by atoms with E-state index in [1.54, 1.807) is 11.3 Å². The first-order valence-electron chi connectivity index (χ1n) is 5.68. The Balaban J connectivity index is 2.60. The van der Waals surface area contributed by atoms with Gasteiger partial charge >= 0.3 is 0 Å². The first kappa shape index (κ1) is 12.7. The van der Waals surface area contributed by atoms with Gasteiger partial charge in [0.15, 0.2) is 0 Å². The molecule has 0 saturated carbocycles. The molecule has 0 amide bonds. The predicted molar refractivity (Wildman–Crippen MR) is 79.2 cm³/mol. The maximum absolute atomic E-state index is 4.67. The summed E-state index contributed by atoms with van der Waals surface area (Å²) in [6, 6.07) is 4.44. The van der Waals surface area contributed by atoms with Gasteiger partial charge in [-0.1, -0.05) is 17.7 Å². The van der Waals surface area contributed by atoms with Crippen molar-refractivity contribution >= 4 is 24.0 Å². The molecule has 2 rings (SSSR count). The zero-order chi connectivity index (χ0) is 12.6. The Hall–Kier alpha value is -0.800. The molecule has 0 N–H and O–H groups in total. The number of aryl methyl sites for hydroxylation is 4. The Morgan fingerprint density at radius 3 is 2.18 bits per heavy atom. The van der Waals surface area contributed by atoms with E-state index in [0.717, 1.165) is 16.5 Å². The maximum atomic E-state index is 4.67. The van der Waals surface area contributed by atoms with Crippen LogP contribution in [0.25, 0.3) is 10.6 Å². The van der Waals surface area contributed by atoms with Crippen LogP contribution in [-0.2, 0) is 5.75 Å². The van der Waals surface area contributed by atoms with E-state index in [1.807, 2.05) is 0 Å². The molecular weight excluding hydrogens is 246 g/mol. The summed E-state index contributed by atoms with van der Waals surface area (Å²) in [6.45, 7) is 8.51. The van der Waals surface area contributed by atoms with E-state index in [9.17, 15) is 0 Å². The molecule has 0 aliphatic carbocycles. The molecule has 2 aromatic rings. The van der Waals surface area contributed by atoms with Crippen LogP contribution < -0.4 is 0 Å². The van der Waals surface area contributed by atoms with Crippen molar-refractivity contribution in [1.82, 2.24) is 4.98 Å². The molecule has 1 nitrogen and oxygen atoms in total. The molecule has 1 aromatic carbocycles. The fraction of sp³-hybridized carbons (Fsp3) is 0.357. The third kappa shape index (κ3) is 2.40. The SMILES string of the molecule is Cc1cc(C)c(-c2nc(C)c(CS)s2)c(C)c1. The van der Waals surface area contributed by atoms with Crippen molar-refractivity contribution in [2.45, 2.75) is 33.4 Å². The Morgan fingerprint density at radius 2 is 1.71 bits per heavy atom. The Kier molecular flexibility index (Phi) is 3.59. The van der Waals surface area contributed by atoms with Crippen molar-refractivity contribution in [3.05, 3.63) is 39.4 Å². The van der Waals surface area contributed by atoms with E-state index in [1.165, 1.54) is 27.1 Å². The molecule has 1 aromatic heterocycles. The quantitative estimate of drug-likeness (QED) is 0.789. The summed E-state index contributed by atoms with van der Waals surface area (Å²) < 4.78 is 0. The topological polar surface area (TPSA) is 12.9 Å². The standard InChI is InChI=1S/C14H17NS2/c1-8-5-9(2)13(10(3)6-8)14-15-11(4)12(7-16)17-14/h5-6,16H,7H2,1-4H3. The molecule has 0 aliphatic heterocycles. The Labute approximate surface area is 112 Å². The summed E-state index contributed by atoms with van der Waals surface area (Å²) in [6.07, 6.45) is 0. The lowest BCUT2D eigenvalue weighted by atomic mass is 10.0. The molecule has 0 radical (unpaired) electrons. The third-order valence-corrected chi connectivity index (χ3v) is 4.63. The van der Waals surface area contributed by atoms with Crippen LogP contribution in [0.3, 0.4) is 0 Å². The molecule has 0 spiro atoms. The molecule has 17 heavy (non-hydrogen) atoms. The Morgan fingerprint density at radius 1 is 1.12 bits per heavy atom. The zero-order valence-electron chi connectivity index (χ0n) is 10.7. The normalized spacial score (nSPS) is 10.9. The zero-order valence-corrected chi connectivity index (χ0v) is 12.4. The lowest BCUT2D eigenvalue weighted by molar-refractivity contribution is 1.21. The van der Waals surface area contributed by atoms with Crippen LogP contribution in [-0.4, -0.2) is 4.98 Å². The molecule has 0 bridgehead atoms. The van der Waals surface area contributed by atoms with Gasteiger partial charge in [0.25, 0.3) is 0 Å². The number of benzene rings is 1. The van der Waals surface area contributed by atoms with Gasteiger partial charge < -0.3 is 0 Å². The van der Waals surface area contributed by atoms with Crippen molar-refractivity contribution in [1.29, 1.82) is 0 Å². The van der Waals surface area contributed by atoms with E-state index in [0.29, 0.717) is 0 Å². The van der Waals surface area contributed by atoms with Gasteiger partial charge in [-0.25, -0.2) is 4.98 Å². The van der Waals surface area contributed by atoms with Gasteiger partial charge in [0.2, 0.25) is 0 Å². The van der Waals surface area contributed by atoms with Gasteiger partial charge in [0.1, 0.15) is 5.01 Å². The highest BCUT2D eigenvalue weighted by atomic mass is 32.1. The van der Waals surface area contributed by atoms with E-state index in [4.69, 9.17) is 0 Å². The van der Waals surface area contributed by atoms with Crippen molar-refractivity contribution in [3.8, 4) is 10.6 Å². The minimum absolute atomic E-state index is 0.771. The van der Waals surface area contributed by atoms with Crippen LogP contribution in [0.1, 0.15) is 27.3 Å². The fourth-order valence-corrected chi connectivity index (χ4v) is 3.72. The molecule has 0 fully saturated rings. The molecule has 3 heteroatoms. The van der Waals surface area contributed by atoms with Crippen LogP contribution in [0.2, 0.25) is 0 Å². The minimum Gasteiger partial charge on any atom is -0.241 e. The second-order valence-corrected chi connectivity index (χ2v) is 5.86. The maximum Gasteiger partial charge on any atom is 0.124 e. The van der Waals surface area contributed by atoms with Crippen molar-refractivity contribution in [2.24, 2.45) is 0 Å². The number of hydrogen-bond acceptors (Lipinski definition) is 3. The summed E-state index contributed by atoms with van der Waals surface area (Å²) in [4.78, 5) is 5.94. The van der Waals surface area contributed by atoms with E-state index >= 15 is 0 Å². The van der Waals surface area contributed by atoms with Gasteiger partial charge in [-0.2, -0.15) is 12.6 Å². The molecule has 0 atom stereocenters. The summed E-state index contributed by atoms with van der Waals surface area (Å²) in [5, 5.41) is 1.13. The second kappa shape index (κ2) is 4.83. The molecule has 0 aliphatic rings. The monoisotopic (exact) mass is 263 g/mol. The molecule has 90 valence electrons. The molecule has 1 heterocycles. The third-order valence-electron chi connectivity index (χ3n) is 2.93. The smallest absolute Gasteiger partial charge is 0.124 e. The van der Waals surface area contributed by atoms with Crippen molar-refractivity contribution in [3.63, 3.8) is 0 Å². The van der Waals surface area contributed by atoms with Gasteiger partial charge in [-0.3, -0.25) is 0 Å².